The second kappa shape index (κ2) is 7.33. The van der Waals surface area contributed by atoms with Gasteiger partial charge in [-0.05, 0) is 23.6 Å². The first-order valence-electron chi connectivity index (χ1n) is 9.45. The first-order chi connectivity index (χ1) is 13.5. The number of nitrogens with two attached hydrogens (primary N) is 1. The van der Waals surface area contributed by atoms with Crippen LogP contribution in [0.15, 0.2) is 18.2 Å². The molecule has 3 aliphatic heterocycles. The molecule has 1 aromatic carbocycles. The number of primary amides is 1. The van der Waals surface area contributed by atoms with E-state index in [0.717, 1.165) is 17.7 Å². The molecule has 148 valence electrons. The molecule has 0 aromatic heterocycles. The Morgan fingerprint density at radius 1 is 1.25 bits per heavy atom. The Kier molecular flexibility index (Phi) is 4.86. The van der Waals surface area contributed by atoms with Gasteiger partial charge in [0.25, 0.3) is 5.91 Å². The lowest BCUT2D eigenvalue weighted by atomic mass is 10.0. The first-order valence-corrected chi connectivity index (χ1v) is 9.45. The van der Waals surface area contributed by atoms with E-state index in [-0.39, 0.29) is 24.1 Å². The molecule has 4 amide bonds. The number of fused-ring (bicyclic) bond motifs is 1. The predicted molar refractivity (Wildman–Crippen MR) is 98.7 cm³/mol. The number of nitrogens with zero attached hydrogens (tertiary/aromatic N) is 2. The normalized spacial score (nSPS) is 25.6. The quantitative estimate of drug-likeness (QED) is 0.554. The maximum Gasteiger partial charge on any atom is 0.255 e. The van der Waals surface area contributed by atoms with Crippen molar-refractivity contribution in [1.82, 2.24) is 20.4 Å². The van der Waals surface area contributed by atoms with Crippen molar-refractivity contribution in [3.05, 3.63) is 34.9 Å². The van der Waals surface area contributed by atoms with Crippen molar-refractivity contribution in [2.24, 2.45) is 5.73 Å². The fourth-order valence-corrected chi connectivity index (χ4v) is 4.23. The van der Waals surface area contributed by atoms with Gasteiger partial charge in [-0.1, -0.05) is 12.1 Å². The third-order valence-electron chi connectivity index (χ3n) is 5.74. The monoisotopic (exact) mass is 385 g/mol. The van der Waals surface area contributed by atoms with Gasteiger partial charge in [-0.3, -0.25) is 29.4 Å². The fraction of sp³-hybridized carbons (Fsp3) is 0.474. The van der Waals surface area contributed by atoms with Crippen molar-refractivity contribution in [2.45, 2.75) is 38.0 Å². The third-order valence-corrected chi connectivity index (χ3v) is 5.74. The minimum Gasteiger partial charge on any atom is -0.368 e. The highest BCUT2D eigenvalue weighted by molar-refractivity contribution is 6.05. The van der Waals surface area contributed by atoms with E-state index in [2.05, 4.69) is 10.6 Å². The Hall–Kier alpha value is -2.78. The van der Waals surface area contributed by atoms with E-state index in [1.807, 2.05) is 17.0 Å². The Morgan fingerprint density at radius 3 is 2.82 bits per heavy atom. The van der Waals surface area contributed by atoms with Crippen LogP contribution in [0.4, 0.5) is 0 Å². The van der Waals surface area contributed by atoms with Gasteiger partial charge < -0.3 is 16.0 Å². The molecule has 1 aromatic rings. The molecule has 4 rings (SSSR count). The Morgan fingerprint density at radius 2 is 2.07 bits per heavy atom. The van der Waals surface area contributed by atoms with E-state index in [1.54, 1.807) is 11.0 Å². The number of benzene rings is 1. The number of nitrogens with one attached hydrogen (secondary N) is 2. The van der Waals surface area contributed by atoms with Crippen molar-refractivity contribution in [1.29, 1.82) is 0 Å². The summed E-state index contributed by atoms with van der Waals surface area (Å²) in [7, 11) is 0. The zero-order valence-corrected chi connectivity index (χ0v) is 15.4. The summed E-state index contributed by atoms with van der Waals surface area (Å²) >= 11 is 0. The van der Waals surface area contributed by atoms with Gasteiger partial charge in [0.05, 0.1) is 0 Å². The topological polar surface area (TPSA) is 125 Å². The lowest BCUT2D eigenvalue weighted by Crippen LogP contribution is -2.56. The smallest absolute Gasteiger partial charge is 0.255 e. The molecule has 3 aliphatic rings. The SMILES string of the molecule is NC(=O)C1CNCCN1Cc1cccc2c1CN(C1CCC(=O)NC1=O)C2=O. The molecule has 9 heteroatoms. The summed E-state index contributed by atoms with van der Waals surface area (Å²) in [5, 5.41) is 5.49. The number of amides is 4. The minimum absolute atomic E-state index is 0.196. The number of hydrogen-bond donors (Lipinski definition) is 3. The van der Waals surface area contributed by atoms with Crippen molar-refractivity contribution >= 4 is 23.6 Å². The maximum atomic E-state index is 12.9. The van der Waals surface area contributed by atoms with Crippen LogP contribution in [0.5, 0.6) is 0 Å². The van der Waals surface area contributed by atoms with Crippen LogP contribution in [0.1, 0.15) is 34.3 Å². The van der Waals surface area contributed by atoms with Crippen LogP contribution in [0, 0.1) is 0 Å². The summed E-state index contributed by atoms with van der Waals surface area (Å²) in [5.41, 5.74) is 7.94. The van der Waals surface area contributed by atoms with Gasteiger partial charge in [0.15, 0.2) is 0 Å². The van der Waals surface area contributed by atoms with Crippen LogP contribution in [0.2, 0.25) is 0 Å². The van der Waals surface area contributed by atoms with E-state index in [4.69, 9.17) is 5.73 Å². The number of carbonyl (C=O) groups is 4. The second-order valence-electron chi connectivity index (χ2n) is 7.44. The van der Waals surface area contributed by atoms with Crippen LogP contribution >= 0.6 is 0 Å². The Labute approximate surface area is 162 Å². The van der Waals surface area contributed by atoms with Gasteiger partial charge >= 0.3 is 0 Å². The molecule has 0 saturated carbocycles. The van der Waals surface area contributed by atoms with Gasteiger partial charge in [-0.25, -0.2) is 0 Å². The molecule has 2 fully saturated rings. The average Bonchev–Trinajstić information content (AvgIpc) is 3.00. The largest absolute Gasteiger partial charge is 0.368 e. The summed E-state index contributed by atoms with van der Waals surface area (Å²) < 4.78 is 0. The fourth-order valence-electron chi connectivity index (χ4n) is 4.23. The summed E-state index contributed by atoms with van der Waals surface area (Å²) in [6, 6.07) is 4.49. The van der Waals surface area contributed by atoms with Crippen LogP contribution in [-0.2, 0) is 27.5 Å². The molecule has 28 heavy (non-hydrogen) atoms. The first kappa shape index (κ1) is 18.6. The van der Waals surface area contributed by atoms with Gasteiger partial charge in [0.2, 0.25) is 17.7 Å². The number of imide groups is 1. The van der Waals surface area contributed by atoms with Crippen LogP contribution in [-0.4, -0.2) is 65.1 Å². The molecule has 9 nitrogen and oxygen atoms in total. The summed E-state index contributed by atoms with van der Waals surface area (Å²) in [6.45, 7) is 2.78. The summed E-state index contributed by atoms with van der Waals surface area (Å²) in [5.74, 6) is -1.30. The standard InChI is InChI=1S/C19H23N5O4/c20-17(26)15-8-21-6-7-23(15)9-11-2-1-3-12-13(11)10-24(19(12)28)14-4-5-16(25)22-18(14)27/h1-3,14-15,21H,4-10H2,(H2,20,26)(H,22,25,27). The Bertz CT molecular complexity index is 855. The van der Waals surface area contributed by atoms with Crippen LogP contribution in [0.25, 0.3) is 0 Å². The Balaban J connectivity index is 1.57. The van der Waals surface area contributed by atoms with Crippen molar-refractivity contribution in [2.75, 3.05) is 19.6 Å². The molecule has 0 aliphatic carbocycles. The molecule has 4 N–H and O–H groups in total. The van der Waals surface area contributed by atoms with Crippen molar-refractivity contribution < 1.29 is 19.2 Å². The molecular weight excluding hydrogens is 362 g/mol. The number of piperidine rings is 1. The molecule has 0 bridgehead atoms. The number of carbonyl (C=O) groups excluding carboxylic acids is 4. The number of piperazine rings is 1. The number of hydrogen-bond acceptors (Lipinski definition) is 6. The molecule has 0 radical (unpaired) electrons. The van der Waals surface area contributed by atoms with E-state index in [1.165, 1.54) is 0 Å². The predicted octanol–water partition coefficient (Wildman–Crippen LogP) is -1.29. The minimum atomic E-state index is -0.636. The van der Waals surface area contributed by atoms with Crippen molar-refractivity contribution in [3.63, 3.8) is 0 Å². The lowest BCUT2D eigenvalue weighted by Gasteiger charge is -2.34. The van der Waals surface area contributed by atoms with Gasteiger partial charge in [-0.2, -0.15) is 0 Å². The summed E-state index contributed by atoms with van der Waals surface area (Å²) in [4.78, 5) is 51.9. The third kappa shape index (κ3) is 3.27. The highest BCUT2D eigenvalue weighted by atomic mass is 16.2. The molecular formula is C19H23N5O4. The van der Waals surface area contributed by atoms with E-state index in [9.17, 15) is 19.2 Å². The van der Waals surface area contributed by atoms with Gasteiger partial charge in [-0.15, -0.1) is 0 Å². The lowest BCUT2D eigenvalue weighted by molar-refractivity contribution is -0.137. The van der Waals surface area contributed by atoms with Crippen LogP contribution < -0.4 is 16.4 Å². The average molecular weight is 385 g/mol. The highest BCUT2D eigenvalue weighted by Gasteiger charge is 2.40. The van der Waals surface area contributed by atoms with Gasteiger partial charge in [0.1, 0.15) is 12.1 Å². The molecule has 3 heterocycles. The van der Waals surface area contributed by atoms with Gasteiger partial charge in [0, 0.05) is 44.7 Å². The van der Waals surface area contributed by atoms with Crippen LogP contribution in [0.3, 0.4) is 0 Å². The molecule has 2 saturated heterocycles. The number of rotatable bonds is 4. The maximum absolute atomic E-state index is 12.9. The van der Waals surface area contributed by atoms with E-state index in [0.29, 0.717) is 38.2 Å². The summed E-state index contributed by atoms with van der Waals surface area (Å²) in [6.07, 6.45) is 0.561. The van der Waals surface area contributed by atoms with Crippen molar-refractivity contribution in [3.8, 4) is 0 Å². The second-order valence-corrected chi connectivity index (χ2v) is 7.44. The molecule has 0 spiro atoms. The zero-order valence-electron chi connectivity index (χ0n) is 15.4. The zero-order chi connectivity index (χ0) is 19.8. The molecule has 2 atom stereocenters. The highest BCUT2D eigenvalue weighted by Crippen LogP contribution is 2.30. The van der Waals surface area contributed by atoms with E-state index >= 15 is 0 Å². The van der Waals surface area contributed by atoms with E-state index < -0.39 is 18.0 Å². The molecule has 2 unspecified atom stereocenters.